The lowest BCUT2D eigenvalue weighted by Crippen LogP contribution is -2.48. The zero-order chi connectivity index (χ0) is 26.5. The zero-order valence-electron chi connectivity index (χ0n) is 21.5. The van der Waals surface area contributed by atoms with Gasteiger partial charge < -0.3 is 19.7 Å². The molecule has 1 amide bonds. The number of aromatic nitrogens is 1. The van der Waals surface area contributed by atoms with E-state index in [4.69, 9.17) is 14.5 Å². The SMILES string of the molecule is CCOc1cccc2sc(N3CCN(CCNC(=O)c4ccc(S(=O)(=O)N5CCOCC5)cc4)CC3)nc12. The van der Waals surface area contributed by atoms with E-state index in [1.54, 1.807) is 23.5 Å². The topological polar surface area (TPSA) is 104 Å². The minimum absolute atomic E-state index is 0.191. The molecule has 0 radical (unpaired) electrons. The van der Waals surface area contributed by atoms with Gasteiger partial charge in [-0.15, -0.1) is 0 Å². The molecule has 10 nitrogen and oxygen atoms in total. The summed E-state index contributed by atoms with van der Waals surface area (Å²) >= 11 is 1.69. The molecule has 0 bridgehead atoms. The molecule has 2 aliphatic rings. The highest BCUT2D eigenvalue weighted by molar-refractivity contribution is 7.89. The van der Waals surface area contributed by atoms with E-state index in [0.717, 1.165) is 53.8 Å². The van der Waals surface area contributed by atoms with Gasteiger partial charge in [-0.05, 0) is 43.3 Å². The van der Waals surface area contributed by atoms with E-state index in [0.29, 0.717) is 45.0 Å². The summed E-state index contributed by atoms with van der Waals surface area (Å²) in [6.45, 7) is 8.85. The van der Waals surface area contributed by atoms with E-state index >= 15 is 0 Å². The van der Waals surface area contributed by atoms with Gasteiger partial charge in [0.2, 0.25) is 10.0 Å². The van der Waals surface area contributed by atoms with Crippen molar-refractivity contribution in [3.63, 3.8) is 0 Å². The summed E-state index contributed by atoms with van der Waals surface area (Å²) in [5.41, 5.74) is 1.37. The number of hydrogen-bond acceptors (Lipinski definition) is 9. The number of piperazine rings is 1. The van der Waals surface area contributed by atoms with Gasteiger partial charge in [0, 0.05) is 57.9 Å². The van der Waals surface area contributed by atoms with E-state index in [2.05, 4.69) is 21.2 Å². The molecule has 2 saturated heterocycles. The first kappa shape index (κ1) is 26.8. The minimum Gasteiger partial charge on any atom is -0.492 e. The van der Waals surface area contributed by atoms with Gasteiger partial charge in [0.05, 0.1) is 29.4 Å². The number of anilines is 1. The number of rotatable bonds is 9. The van der Waals surface area contributed by atoms with Crippen molar-refractivity contribution < 1.29 is 22.7 Å². The standard InChI is InChI=1S/C26H33N5O5S2/c1-2-36-22-4-3-5-23-24(22)28-26(37-23)30-14-12-29(13-15-30)11-10-27-25(32)20-6-8-21(9-7-20)38(33,34)31-16-18-35-19-17-31/h3-9H,2,10-19H2,1H3,(H,27,32). The number of para-hydroxylation sites is 1. The zero-order valence-corrected chi connectivity index (χ0v) is 23.1. The highest BCUT2D eigenvalue weighted by Crippen LogP contribution is 2.34. The first-order valence-corrected chi connectivity index (χ1v) is 15.2. The Balaban J connectivity index is 1.08. The summed E-state index contributed by atoms with van der Waals surface area (Å²) in [6.07, 6.45) is 0. The number of ether oxygens (including phenoxy) is 2. The molecule has 38 heavy (non-hydrogen) atoms. The van der Waals surface area contributed by atoms with E-state index in [-0.39, 0.29) is 10.8 Å². The van der Waals surface area contributed by atoms with Crippen LogP contribution in [0.3, 0.4) is 0 Å². The fourth-order valence-corrected chi connectivity index (χ4v) is 7.07. The monoisotopic (exact) mass is 559 g/mol. The van der Waals surface area contributed by atoms with Crippen molar-refractivity contribution in [2.24, 2.45) is 0 Å². The number of benzene rings is 2. The largest absolute Gasteiger partial charge is 0.492 e. The van der Waals surface area contributed by atoms with Gasteiger partial charge in [0.15, 0.2) is 5.13 Å². The molecule has 1 aromatic heterocycles. The lowest BCUT2D eigenvalue weighted by atomic mass is 10.2. The van der Waals surface area contributed by atoms with Crippen LogP contribution in [0, 0.1) is 0 Å². The summed E-state index contributed by atoms with van der Waals surface area (Å²) in [7, 11) is -3.57. The summed E-state index contributed by atoms with van der Waals surface area (Å²) in [5.74, 6) is 0.619. The molecule has 3 aromatic rings. The molecule has 12 heteroatoms. The second-order valence-corrected chi connectivity index (χ2v) is 12.1. The molecule has 2 aromatic carbocycles. The molecule has 0 atom stereocenters. The van der Waals surface area contributed by atoms with Crippen LogP contribution in [-0.4, -0.2) is 101 Å². The fourth-order valence-electron chi connectivity index (χ4n) is 4.63. The average molecular weight is 560 g/mol. The first-order valence-electron chi connectivity index (χ1n) is 12.9. The van der Waals surface area contributed by atoms with E-state index in [1.165, 1.54) is 16.4 Å². The van der Waals surface area contributed by atoms with Crippen LogP contribution in [-0.2, 0) is 14.8 Å². The van der Waals surface area contributed by atoms with Crippen molar-refractivity contribution in [3.8, 4) is 5.75 Å². The molecule has 0 unspecified atom stereocenters. The highest BCUT2D eigenvalue weighted by atomic mass is 32.2. The van der Waals surface area contributed by atoms with E-state index in [9.17, 15) is 13.2 Å². The number of sulfonamides is 1. The van der Waals surface area contributed by atoms with E-state index in [1.807, 2.05) is 19.1 Å². The molecular weight excluding hydrogens is 526 g/mol. The molecule has 5 rings (SSSR count). The average Bonchev–Trinajstić information content (AvgIpc) is 3.40. The predicted molar refractivity (Wildman–Crippen MR) is 148 cm³/mol. The van der Waals surface area contributed by atoms with Gasteiger partial charge in [-0.1, -0.05) is 17.4 Å². The molecule has 0 spiro atoms. The Morgan fingerprint density at radius 3 is 2.50 bits per heavy atom. The second kappa shape index (κ2) is 12.0. The number of nitrogens with one attached hydrogen (secondary N) is 1. The Morgan fingerprint density at radius 2 is 1.79 bits per heavy atom. The molecule has 1 N–H and O–H groups in total. The molecular formula is C26H33N5O5S2. The van der Waals surface area contributed by atoms with Crippen LogP contribution < -0.4 is 15.0 Å². The number of nitrogens with zero attached hydrogens (tertiary/aromatic N) is 4. The van der Waals surface area contributed by atoms with Crippen LogP contribution in [0.5, 0.6) is 5.75 Å². The van der Waals surface area contributed by atoms with Crippen LogP contribution >= 0.6 is 11.3 Å². The third-order valence-electron chi connectivity index (χ3n) is 6.75. The van der Waals surface area contributed by atoms with Crippen molar-refractivity contribution in [2.45, 2.75) is 11.8 Å². The van der Waals surface area contributed by atoms with Gasteiger partial charge >= 0.3 is 0 Å². The normalized spacial score (nSPS) is 17.6. The molecule has 3 heterocycles. The van der Waals surface area contributed by atoms with Crippen molar-refractivity contribution in [1.82, 2.24) is 19.5 Å². The Bertz CT molecular complexity index is 1350. The van der Waals surface area contributed by atoms with Gasteiger partial charge in [-0.3, -0.25) is 9.69 Å². The lowest BCUT2D eigenvalue weighted by molar-refractivity contribution is 0.0730. The fraction of sp³-hybridized carbons (Fsp3) is 0.462. The summed E-state index contributed by atoms with van der Waals surface area (Å²) in [5, 5.41) is 3.96. The summed E-state index contributed by atoms with van der Waals surface area (Å²) in [6, 6.07) is 12.2. The number of hydrogen-bond donors (Lipinski definition) is 1. The van der Waals surface area contributed by atoms with Crippen molar-refractivity contribution in [2.75, 3.05) is 77.1 Å². The quantitative estimate of drug-likeness (QED) is 0.426. The molecule has 0 aliphatic carbocycles. The first-order chi connectivity index (χ1) is 18.5. The maximum Gasteiger partial charge on any atom is 0.251 e. The van der Waals surface area contributed by atoms with Crippen molar-refractivity contribution in [1.29, 1.82) is 0 Å². The highest BCUT2D eigenvalue weighted by Gasteiger charge is 2.26. The summed E-state index contributed by atoms with van der Waals surface area (Å²) < 4.78 is 39.0. The third kappa shape index (κ3) is 5.94. The number of carbonyl (C=O) groups excluding carboxylic acids is 1. The van der Waals surface area contributed by atoms with Crippen LogP contribution in [0.1, 0.15) is 17.3 Å². The number of amides is 1. The van der Waals surface area contributed by atoms with Crippen LogP contribution in [0.25, 0.3) is 10.2 Å². The van der Waals surface area contributed by atoms with Gasteiger partial charge in [0.25, 0.3) is 5.91 Å². The number of thiazole rings is 1. The van der Waals surface area contributed by atoms with Crippen LogP contribution in [0.2, 0.25) is 0 Å². The smallest absolute Gasteiger partial charge is 0.251 e. The van der Waals surface area contributed by atoms with Crippen molar-refractivity contribution >= 4 is 42.6 Å². The van der Waals surface area contributed by atoms with E-state index < -0.39 is 10.0 Å². The van der Waals surface area contributed by atoms with Gasteiger partial charge in [-0.25, -0.2) is 13.4 Å². The molecule has 204 valence electrons. The van der Waals surface area contributed by atoms with Crippen molar-refractivity contribution in [3.05, 3.63) is 48.0 Å². The predicted octanol–water partition coefficient (Wildman–Crippen LogP) is 2.27. The number of morpholine rings is 1. The number of carbonyl (C=O) groups is 1. The summed E-state index contributed by atoms with van der Waals surface area (Å²) in [4.78, 5) is 22.3. The minimum atomic E-state index is -3.57. The maximum atomic E-state index is 12.8. The Kier molecular flexibility index (Phi) is 8.44. The van der Waals surface area contributed by atoms with Gasteiger partial charge in [0.1, 0.15) is 11.3 Å². The Labute approximate surface area is 227 Å². The molecule has 0 saturated carbocycles. The van der Waals surface area contributed by atoms with Crippen LogP contribution in [0.4, 0.5) is 5.13 Å². The van der Waals surface area contributed by atoms with Crippen LogP contribution in [0.15, 0.2) is 47.4 Å². The Morgan fingerprint density at radius 1 is 1.05 bits per heavy atom. The second-order valence-electron chi connectivity index (χ2n) is 9.16. The maximum absolute atomic E-state index is 12.8. The number of fused-ring (bicyclic) bond motifs is 1. The lowest BCUT2D eigenvalue weighted by Gasteiger charge is -2.34. The Hall–Kier alpha value is -2.77. The molecule has 2 fully saturated rings. The molecule has 2 aliphatic heterocycles. The van der Waals surface area contributed by atoms with Gasteiger partial charge in [-0.2, -0.15) is 4.31 Å². The third-order valence-corrected chi connectivity index (χ3v) is 9.75.